The first-order valence-electron chi connectivity index (χ1n) is 8.23. The van der Waals surface area contributed by atoms with Gasteiger partial charge in [-0.25, -0.2) is 0 Å². The third-order valence-electron chi connectivity index (χ3n) is 4.44. The molecular weight excluding hydrogens is 258 g/mol. The summed E-state index contributed by atoms with van der Waals surface area (Å²) >= 11 is 0. The normalized spacial score (nSPS) is 14.8. The zero-order valence-corrected chi connectivity index (χ0v) is 14.7. The summed E-state index contributed by atoms with van der Waals surface area (Å²) in [7, 11) is 1.71. The Balaban J connectivity index is 2.67. The van der Waals surface area contributed by atoms with Crippen molar-refractivity contribution in [2.24, 2.45) is 11.3 Å². The van der Waals surface area contributed by atoms with Gasteiger partial charge in [0.05, 0.1) is 7.11 Å². The van der Waals surface area contributed by atoms with Gasteiger partial charge in [0.1, 0.15) is 5.75 Å². The fourth-order valence-corrected chi connectivity index (χ4v) is 2.41. The molecule has 0 aliphatic heterocycles. The molecule has 0 saturated heterocycles. The fourth-order valence-electron chi connectivity index (χ4n) is 2.41. The van der Waals surface area contributed by atoms with E-state index in [1.165, 1.54) is 18.4 Å². The van der Waals surface area contributed by atoms with Crippen LogP contribution in [0.3, 0.4) is 0 Å². The van der Waals surface area contributed by atoms with Gasteiger partial charge in [0.15, 0.2) is 0 Å². The van der Waals surface area contributed by atoms with Crippen molar-refractivity contribution in [1.29, 1.82) is 0 Å². The molecular formula is C19H33NO. The van der Waals surface area contributed by atoms with E-state index in [4.69, 9.17) is 4.74 Å². The van der Waals surface area contributed by atoms with Gasteiger partial charge in [-0.2, -0.15) is 0 Å². The number of nitrogens with one attached hydrogen (secondary N) is 1. The van der Waals surface area contributed by atoms with Gasteiger partial charge in [-0.3, -0.25) is 0 Å². The van der Waals surface area contributed by atoms with Crippen molar-refractivity contribution in [1.82, 2.24) is 5.32 Å². The maximum atomic E-state index is 5.23. The van der Waals surface area contributed by atoms with Gasteiger partial charge in [0, 0.05) is 6.04 Å². The highest BCUT2D eigenvalue weighted by Gasteiger charge is 2.23. The van der Waals surface area contributed by atoms with Crippen LogP contribution in [0.5, 0.6) is 5.75 Å². The SMILES string of the molecule is CCCNC(Cc1ccc(OC)cc1)CC(C)C(C)(C)C. The van der Waals surface area contributed by atoms with Crippen LogP contribution in [0.25, 0.3) is 0 Å². The van der Waals surface area contributed by atoms with E-state index in [1.54, 1.807) is 7.11 Å². The number of hydrogen-bond acceptors (Lipinski definition) is 2. The lowest BCUT2D eigenvalue weighted by Crippen LogP contribution is -2.35. The van der Waals surface area contributed by atoms with Gasteiger partial charge < -0.3 is 10.1 Å². The van der Waals surface area contributed by atoms with Crippen molar-refractivity contribution in [2.75, 3.05) is 13.7 Å². The molecule has 120 valence electrons. The van der Waals surface area contributed by atoms with Crippen LogP contribution in [0.1, 0.15) is 53.0 Å². The molecule has 0 aromatic heterocycles. The average Bonchev–Trinajstić information content (AvgIpc) is 2.44. The molecule has 0 bridgehead atoms. The first-order valence-corrected chi connectivity index (χ1v) is 8.23. The zero-order valence-electron chi connectivity index (χ0n) is 14.7. The van der Waals surface area contributed by atoms with Gasteiger partial charge >= 0.3 is 0 Å². The number of hydrogen-bond donors (Lipinski definition) is 1. The second-order valence-electron chi connectivity index (χ2n) is 7.21. The van der Waals surface area contributed by atoms with Gasteiger partial charge in [-0.15, -0.1) is 0 Å². The molecule has 0 spiro atoms. The van der Waals surface area contributed by atoms with Crippen LogP contribution in [0.15, 0.2) is 24.3 Å². The molecule has 1 N–H and O–H groups in total. The molecule has 0 amide bonds. The van der Waals surface area contributed by atoms with Crippen molar-refractivity contribution in [3.8, 4) is 5.75 Å². The summed E-state index contributed by atoms with van der Waals surface area (Å²) in [6.45, 7) is 12.7. The predicted octanol–water partition coefficient (Wildman–Crippen LogP) is 4.68. The minimum atomic E-state index is 0.367. The van der Waals surface area contributed by atoms with Crippen LogP contribution in [0.2, 0.25) is 0 Å². The maximum Gasteiger partial charge on any atom is 0.118 e. The molecule has 0 heterocycles. The van der Waals surface area contributed by atoms with Crippen LogP contribution in [-0.4, -0.2) is 19.7 Å². The summed E-state index contributed by atoms with van der Waals surface area (Å²) < 4.78 is 5.23. The summed E-state index contributed by atoms with van der Waals surface area (Å²) in [6, 6.07) is 9.02. The molecule has 2 atom stereocenters. The smallest absolute Gasteiger partial charge is 0.118 e. The van der Waals surface area contributed by atoms with Gasteiger partial charge in [-0.1, -0.05) is 46.8 Å². The highest BCUT2D eigenvalue weighted by molar-refractivity contribution is 5.27. The molecule has 0 aliphatic rings. The molecule has 0 radical (unpaired) electrons. The maximum absolute atomic E-state index is 5.23. The van der Waals surface area contributed by atoms with Crippen molar-refractivity contribution in [3.63, 3.8) is 0 Å². The van der Waals surface area contributed by atoms with Crippen molar-refractivity contribution in [3.05, 3.63) is 29.8 Å². The van der Waals surface area contributed by atoms with Crippen LogP contribution < -0.4 is 10.1 Å². The highest BCUT2D eigenvalue weighted by Crippen LogP contribution is 2.29. The second-order valence-corrected chi connectivity index (χ2v) is 7.21. The predicted molar refractivity (Wildman–Crippen MR) is 92.0 cm³/mol. The summed E-state index contributed by atoms with van der Waals surface area (Å²) in [4.78, 5) is 0. The first kappa shape index (κ1) is 18.0. The number of ether oxygens (including phenoxy) is 1. The van der Waals surface area contributed by atoms with Gasteiger partial charge in [0.2, 0.25) is 0 Å². The summed E-state index contributed by atoms with van der Waals surface area (Å²) in [6.07, 6.45) is 3.49. The van der Waals surface area contributed by atoms with E-state index in [2.05, 4.69) is 64.2 Å². The molecule has 0 saturated carbocycles. The Morgan fingerprint density at radius 1 is 1.14 bits per heavy atom. The van der Waals surface area contributed by atoms with E-state index in [0.717, 1.165) is 18.7 Å². The van der Waals surface area contributed by atoms with Gasteiger partial charge in [-0.05, 0) is 54.8 Å². The number of benzene rings is 1. The monoisotopic (exact) mass is 291 g/mol. The minimum Gasteiger partial charge on any atom is -0.497 e. The largest absolute Gasteiger partial charge is 0.497 e. The zero-order chi connectivity index (χ0) is 15.9. The summed E-state index contributed by atoms with van der Waals surface area (Å²) in [5, 5.41) is 3.72. The molecule has 2 heteroatoms. The second kappa shape index (κ2) is 8.43. The van der Waals surface area contributed by atoms with Gasteiger partial charge in [0.25, 0.3) is 0 Å². The molecule has 1 aromatic carbocycles. The van der Waals surface area contributed by atoms with Crippen LogP contribution in [0, 0.1) is 11.3 Å². The highest BCUT2D eigenvalue weighted by atomic mass is 16.5. The Morgan fingerprint density at radius 2 is 1.76 bits per heavy atom. The average molecular weight is 291 g/mol. The lowest BCUT2D eigenvalue weighted by molar-refractivity contribution is 0.222. The van der Waals surface area contributed by atoms with Crippen molar-refractivity contribution < 1.29 is 4.74 Å². The standard InChI is InChI=1S/C19H33NO/c1-7-12-20-17(13-15(2)19(3,4)5)14-16-8-10-18(21-6)11-9-16/h8-11,15,17,20H,7,12-14H2,1-6H3. The first-order chi connectivity index (χ1) is 9.86. The minimum absolute atomic E-state index is 0.367. The summed E-state index contributed by atoms with van der Waals surface area (Å²) in [5.74, 6) is 1.63. The Labute approximate surface area is 131 Å². The van der Waals surface area contributed by atoms with Crippen LogP contribution >= 0.6 is 0 Å². The number of methoxy groups -OCH3 is 1. The van der Waals surface area contributed by atoms with E-state index in [9.17, 15) is 0 Å². The molecule has 2 unspecified atom stereocenters. The van der Waals surface area contributed by atoms with E-state index >= 15 is 0 Å². The van der Waals surface area contributed by atoms with Crippen LogP contribution in [0.4, 0.5) is 0 Å². The summed E-state index contributed by atoms with van der Waals surface area (Å²) in [5.41, 5.74) is 1.75. The van der Waals surface area contributed by atoms with Crippen LogP contribution in [-0.2, 0) is 6.42 Å². The van der Waals surface area contributed by atoms with E-state index in [0.29, 0.717) is 17.4 Å². The fraction of sp³-hybridized carbons (Fsp3) is 0.684. The molecule has 2 nitrogen and oxygen atoms in total. The Hall–Kier alpha value is -1.02. The third kappa shape index (κ3) is 6.52. The van der Waals surface area contributed by atoms with E-state index < -0.39 is 0 Å². The Morgan fingerprint density at radius 3 is 2.24 bits per heavy atom. The molecule has 1 rings (SSSR count). The lowest BCUT2D eigenvalue weighted by Gasteiger charge is -2.31. The Kier molecular flexibility index (Phi) is 7.24. The lowest BCUT2D eigenvalue weighted by atomic mass is 9.78. The molecule has 1 aromatic rings. The molecule has 0 aliphatic carbocycles. The third-order valence-corrected chi connectivity index (χ3v) is 4.44. The van der Waals surface area contributed by atoms with E-state index in [1.807, 2.05) is 0 Å². The van der Waals surface area contributed by atoms with E-state index in [-0.39, 0.29) is 0 Å². The molecule has 0 fully saturated rings. The Bertz CT molecular complexity index is 391. The van der Waals surface area contributed by atoms with Crippen molar-refractivity contribution in [2.45, 2.75) is 59.9 Å². The molecule has 21 heavy (non-hydrogen) atoms. The topological polar surface area (TPSA) is 21.3 Å². The van der Waals surface area contributed by atoms with Crippen molar-refractivity contribution >= 4 is 0 Å². The quantitative estimate of drug-likeness (QED) is 0.751. The number of rotatable bonds is 8.